The van der Waals surface area contributed by atoms with Gasteiger partial charge in [-0.25, -0.2) is 0 Å². The summed E-state index contributed by atoms with van der Waals surface area (Å²) >= 11 is 3.50. The number of hydrogen-bond acceptors (Lipinski definition) is 2. The molecule has 0 aliphatic carbocycles. The Kier molecular flexibility index (Phi) is 3.83. The van der Waals surface area contributed by atoms with E-state index in [1.807, 2.05) is 0 Å². The van der Waals surface area contributed by atoms with Crippen LogP contribution in [0.2, 0.25) is 0 Å². The summed E-state index contributed by atoms with van der Waals surface area (Å²) in [6.45, 7) is 0.961. The van der Waals surface area contributed by atoms with Crippen LogP contribution in [0.4, 0.5) is 5.69 Å². The molecule has 2 nitrogen and oxygen atoms in total. The first-order valence-corrected chi connectivity index (χ1v) is 7.60. The fourth-order valence-electron chi connectivity index (χ4n) is 2.44. The van der Waals surface area contributed by atoms with Crippen LogP contribution >= 0.6 is 15.9 Å². The molecule has 19 heavy (non-hydrogen) atoms. The Morgan fingerprint density at radius 3 is 2.74 bits per heavy atom. The standard InChI is InChI=1S/C16H17BrN2/c17-14-7-5-13-11-15(8-6-12(13)10-14)19-16-4-2-1-3-9-18-16/h5-8,10-11H,1-4,9H2,(H,18,19). The maximum Gasteiger partial charge on any atom is 0.101 e. The van der Waals surface area contributed by atoms with Crippen LogP contribution in [0.1, 0.15) is 25.7 Å². The van der Waals surface area contributed by atoms with Crippen LogP contribution in [-0.4, -0.2) is 12.4 Å². The Morgan fingerprint density at radius 2 is 1.79 bits per heavy atom. The van der Waals surface area contributed by atoms with Gasteiger partial charge >= 0.3 is 0 Å². The van der Waals surface area contributed by atoms with Crippen LogP contribution in [0.3, 0.4) is 0 Å². The van der Waals surface area contributed by atoms with Crippen LogP contribution in [0, 0.1) is 0 Å². The van der Waals surface area contributed by atoms with Crippen molar-refractivity contribution in [2.24, 2.45) is 4.99 Å². The number of hydrogen-bond donors (Lipinski definition) is 1. The molecule has 0 bridgehead atoms. The van der Waals surface area contributed by atoms with Gasteiger partial charge in [-0.2, -0.15) is 0 Å². The van der Waals surface area contributed by atoms with Crippen molar-refractivity contribution in [3.8, 4) is 0 Å². The molecule has 3 heteroatoms. The Balaban J connectivity index is 1.84. The van der Waals surface area contributed by atoms with Crippen LogP contribution < -0.4 is 5.32 Å². The van der Waals surface area contributed by atoms with Gasteiger partial charge in [-0.3, -0.25) is 4.99 Å². The van der Waals surface area contributed by atoms with Crippen molar-refractivity contribution in [1.29, 1.82) is 0 Å². The van der Waals surface area contributed by atoms with E-state index in [4.69, 9.17) is 0 Å². The highest BCUT2D eigenvalue weighted by atomic mass is 79.9. The molecule has 0 spiro atoms. The van der Waals surface area contributed by atoms with Crippen LogP contribution in [0.15, 0.2) is 45.9 Å². The molecule has 1 heterocycles. The van der Waals surface area contributed by atoms with Gasteiger partial charge in [0.05, 0.1) is 0 Å². The molecule has 1 aliphatic rings. The zero-order valence-corrected chi connectivity index (χ0v) is 12.4. The van der Waals surface area contributed by atoms with E-state index in [0.29, 0.717) is 0 Å². The van der Waals surface area contributed by atoms with Gasteiger partial charge in [0, 0.05) is 23.1 Å². The van der Waals surface area contributed by atoms with Gasteiger partial charge < -0.3 is 5.32 Å². The molecule has 0 unspecified atom stereocenters. The van der Waals surface area contributed by atoms with Gasteiger partial charge in [-0.15, -0.1) is 0 Å². The molecule has 1 N–H and O–H groups in total. The smallest absolute Gasteiger partial charge is 0.101 e. The fourth-order valence-corrected chi connectivity index (χ4v) is 2.82. The summed E-state index contributed by atoms with van der Waals surface area (Å²) in [5.74, 6) is 1.13. The minimum atomic E-state index is 0.961. The number of rotatable bonds is 1. The third kappa shape index (κ3) is 3.16. The molecule has 0 radical (unpaired) electrons. The molecule has 0 saturated carbocycles. The van der Waals surface area contributed by atoms with Gasteiger partial charge in [0.15, 0.2) is 0 Å². The van der Waals surface area contributed by atoms with Crippen molar-refractivity contribution in [2.45, 2.75) is 25.7 Å². The van der Waals surface area contributed by atoms with Crippen molar-refractivity contribution in [2.75, 3.05) is 11.9 Å². The molecule has 1 aliphatic heterocycles. The highest BCUT2D eigenvalue weighted by molar-refractivity contribution is 9.10. The summed E-state index contributed by atoms with van der Waals surface area (Å²) in [5, 5.41) is 5.97. The van der Waals surface area contributed by atoms with Gasteiger partial charge in [-0.05, 0) is 47.9 Å². The highest BCUT2D eigenvalue weighted by Crippen LogP contribution is 2.23. The Hall–Kier alpha value is -1.35. The second kappa shape index (κ2) is 5.74. The summed E-state index contributed by atoms with van der Waals surface area (Å²) in [6.07, 6.45) is 4.82. The van der Waals surface area contributed by atoms with E-state index >= 15 is 0 Å². The predicted octanol–water partition coefficient (Wildman–Crippen LogP) is 4.99. The molecule has 2 aromatic rings. The number of nitrogens with zero attached hydrogens (tertiary/aromatic N) is 1. The van der Waals surface area contributed by atoms with E-state index < -0.39 is 0 Å². The first kappa shape index (κ1) is 12.7. The number of nitrogens with one attached hydrogen (secondary N) is 1. The number of amidine groups is 1. The van der Waals surface area contributed by atoms with Crippen molar-refractivity contribution >= 4 is 38.2 Å². The third-order valence-electron chi connectivity index (χ3n) is 3.47. The van der Waals surface area contributed by atoms with Crippen LogP contribution in [0.25, 0.3) is 10.8 Å². The molecule has 0 aromatic heterocycles. The summed E-state index contributed by atoms with van der Waals surface area (Å²) in [7, 11) is 0. The second-order valence-corrected chi connectivity index (χ2v) is 5.89. The molecule has 0 fully saturated rings. The zero-order valence-electron chi connectivity index (χ0n) is 10.8. The maximum absolute atomic E-state index is 4.61. The minimum absolute atomic E-state index is 0.961. The van der Waals surface area contributed by atoms with Crippen molar-refractivity contribution < 1.29 is 0 Å². The summed E-state index contributed by atoms with van der Waals surface area (Å²) < 4.78 is 1.12. The molecular weight excluding hydrogens is 300 g/mol. The maximum atomic E-state index is 4.61. The number of anilines is 1. The Morgan fingerprint density at radius 1 is 0.947 bits per heavy atom. The van der Waals surface area contributed by atoms with E-state index in [9.17, 15) is 0 Å². The van der Waals surface area contributed by atoms with Crippen molar-refractivity contribution in [3.05, 3.63) is 40.9 Å². The predicted molar refractivity (Wildman–Crippen MR) is 86.0 cm³/mol. The molecule has 0 saturated heterocycles. The van der Waals surface area contributed by atoms with Gasteiger partial charge in [0.1, 0.15) is 5.84 Å². The van der Waals surface area contributed by atoms with Gasteiger partial charge in [-0.1, -0.05) is 34.5 Å². The first-order chi connectivity index (χ1) is 9.31. The molecule has 0 atom stereocenters. The largest absolute Gasteiger partial charge is 0.344 e. The zero-order chi connectivity index (χ0) is 13.1. The minimum Gasteiger partial charge on any atom is -0.344 e. The van der Waals surface area contributed by atoms with Crippen molar-refractivity contribution in [1.82, 2.24) is 0 Å². The molecule has 3 rings (SSSR count). The lowest BCUT2D eigenvalue weighted by molar-refractivity contribution is 0.731. The van der Waals surface area contributed by atoms with Crippen LogP contribution in [-0.2, 0) is 0 Å². The normalized spacial score (nSPS) is 15.9. The van der Waals surface area contributed by atoms with E-state index in [1.165, 1.54) is 30.0 Å². The van der Waals surface area contributed by atoms with Gasteiger partial charge in [0.2, 0.25) is 0 Å². The average molecular weight is 317 g/mol. The van der Waals surface area contributed by atoms with Gasteiger partial charge in [0.25, 0.3) is 0 Å². The van der Waals surface area contributed by atoms with E-state index in [2.05, 4.69) is 62.6 Å². The summed E-state index contributed by atoms with van der Waals surface area (Å²) in [5.41, 5.74) is 1.13. The Labute approximate surface area is 122 Å². The summed E-state index contributed by atoms with van der Waals surface area (Å²) in [4.78, 5) is 4.61. The molecule has 2 aromatic carbocycles. The van der Waals surface area contributed by atoms with E-state index in [-0.39, 0.29) is 0 Å². The lowest BCUT2D eigenvalue weighted by atomic mass is 10.1. The summed E-state index contributed by atoms with van der Waals surface area (Å²) in [6, 6.07) is 12.8. The average Bonchev–Trinajstić information content (AvgIpc) is 2.68. The fraction of sp³-hybridized carbons (Fsp3) is 0.312. The monoisotopic (exact) mass is 316 g/mol. The number of benzene rings is 2. The number of halogens is 1. The Bertz CT molecular complexity index is 619. The molecule has 98 valence electrons. The third-order valence-corrected chi connectivity index (χ3v) is 3.96. The number of fused-ring (bicyclic) bond motifs is 1. The highest BCUT2D eigenvalue weighted by Gasteiger charge is 2.05. The lowest BCUT2D eigenvalue weighted by Gasteiger charge is -2.09. The first-order valence-electron chi connectivity index (χ1n) is 6.81. The number of aliphatic imine (C=N–C) groups is 1. The molecular formula is C16H17BrN2. The van der Waals surface area contributed by atoms with Crippen molar-refractivity contribution in [3.63, 3.8) is 0 Å². The van der Waals surface area contributed by atoms with E-state index in [1.54, 1.807) is 0 Å². The molecule has 0 amide bonds. The second-order valence-electron chi connectivity index (χ2n) is 4.97. The SMILES string of the molecule is Brc1ccc2cc(NC3=NCCCCC3)ccc2c1. The lowest BCUT2D eigenvalue weighted by Crippen LogP contribution is -2.11. The van der Waals surface area contributed by atoms with Crippen LogP contribution in [0.5, 0.6) is 0 Å². The topological polar surface area (TPSA) is 24.4 Å². The van der Waals surface area contributed by atoms with E-state index in [0.717, 1.165) is 29.0 Å². The quantitative estimate of drug-likeness (QED) is 0.787.